The summed E-state index contributed by atoms with van der Waals surface area (Å²) in [5.41, 5.74) is 0.136. The molecule has 1 saturated heterocycles. The molecule has 0 aliphatic carbocycles. The Morgan fingerprint density at radius 2 is 1.80 bits per heavy atom. The normalized spacial score (nSPS) is 25.1. The van der Waals surface area contributed by atoms with Gasteiger partial charge in [0.25, 0.3) is 0 Å². The molecule has 82 valence electrons. The predicted molar refractivity (Wildman–Crippen MR) is 60.2 cm³/mol. The Hall–Kier alpha value is -0.730. The molecule has 0 spiro atoms. The topological polar surface area (TPSA) is 21.8 Å². The molecule has 0 amide bonds. The number of hydrogen-bond donors (Lipinski definition) is 0. The van der Waals surface area contributed by atoms with Gasteiger partial charge in [-0.1, -0.05) is 32.4 Å². The van der Waals surface area contributed by atoms with E-state index >= 15 is 0 Å². The Bertz CT molecular complexity index is 340. The van der Waals surface area contributed by atoms with Crippen LogP contribution in [0.2, 0.25) is 5.02 Å². The number of ether oxygens (including phenoxy) is 2. The summed E-state index contributed by atoms with van der Waals surface area (Å²) in [6.45, 7) is 6.43. The van der Waals surface area contributed by atoms with Gasteiger partial charge < -0.3 is 9.47 Å². The molecule has 0 aromatic heterocycles. The van der Waals surface area contributed by atoms with E-state index in [0.717, 1.165) is 5.75 Å². The first-order valence-corrected chi connectivity index (χ1v) is 5.42. The first kappa shape index (κ1) is 10.8. The Morgan fingerprint density at radius 1 is 1.20 bits per heavy atom. The summed E-state index contributed by atoms with van der Waals surface area (Å²) < 4.78 is 11.1. The maximum atomic E-state index is 5.78. The molecule has 1 fully saturated rings. The Kier molecular flexibility index (Phi) is 2.65. The van der Waals surface area contributed by atoms with E-state index in [0.29, 0.717) is 5.02 Å². The predicted octanol–water partition coefficient (Wildman–Crippen LogP) is 3.49. The molecule has 2 nitrogen and oxygen atoms in total. The van der Waals surface area contributed by atoms with Crippen molar-refractivity contribution < 1.29 is 9.47 Å². The van der Waals surface area contributed by atoms with Gasteiger partial charge in [-0.25, -0.2) is 0 Å². The summed E-state index contributed by atoms with van der Waals surface area (Å²) in [6.07, 6.45) is 0.0827. The molecule has 15 heavy (non-hydrogen) atoms. The zero-order valence-corrected chi connectivity index (χ0v) is 9.91. The number of epoxide rings is 1. The van der Waals surface area contributed by atoms with E-state index in [4.69, 9.17) is 21.1 Å². The summed E-state index contributed by atoms with van der Waals surface area (Å²) in [5, 5.41) is 0.714. The average molecular weight is 227 g/mol. The maximum Gasteiger partial charge on any atom is 0.227 e. The van der Waals surface area contributed by atoms with E-state index < -0.39 is 0 Å². The Morgan fingerprint density at radius 3 is 2.27 bits per heavy atom. The number of rotatable bonds is 2. The highest BCUT2D eigenvalue weighted by Gasteiger charge is 2.49. The van der Waals surface area contributed by atoms with Gasteiger partial charge in [0.1, 0.15) is 11.9 Å². The molecule has 2 rings (SSSR count). The van der Waals surface area contributed by atoms with Crippen LogP contribution in [0.1, 0.15) is 20.8 Å². The lowest BCUT2D eigenvalue weighted by atomic mass is 9.92. The van der Waals surface area contributed by atoms with Gasteiger partial charge in [0, 0.05) is 5.02 Å². The summed E-state index contributed by atoms with van der Waals surface area (Å²) in [6, 6.07) is 7.32. The molecule has 0 saturated carbocycles. The summed E-state index contributed by atoms with van der Waals surface area (Å²) in [7, 11) is 0. The first-order chi connectivity index (χ1) is 6.97. The Balaban J connectivity index is 1.93. The number of halogens is 1. The molecule has 0 unspecified atom stereocenters. The second-order valence-corrected chi connectivity index (χ2v) is 5.30. The maximum absolute atomic E-state index is 5.78. The van der Waals surface area contributed by atoms with Crippen LogP contribution < -0.4 is 4.74 Å². The highest BCUT2D eigenvalue weighted by molar-refractivity contribution is 6.30. The number of hydrogen-bond acceptors (Lipinski definition) is 2. The molecule has 0 N–H and O–H groups in total. The zero-order chi connectivity index (χ0) is 11.1. The van der Waals surface area contributed by atoms with Crippen molar-refractivity contribution >= 4 is 11.6 Å². The molecule has 2 atom stereocenters. The lowest BCUT2D eigenvalue weighted by Crippen LogP contribution is -2.18. The third-order valence-electron chi connectivity index (χ3n) is 2.37. The molecular weight excluding hydrogens is 212 g/mol. The monoisotopic (exact) mass is 226 g/mol. The highest BCUT2D eigenvalue weighted by atomic mass is 35.5. The van der Waals surface area contributed by atoms with Crippen LogP contribution in [0.15, 0.2) is 24.3 Å². The van der Waals surface area contributed by atoms with Crippen LogP contribution in [0.5, 0.6) is 5.75 Å². The molecule has 0 bridgehead atoms. The van der Waals surface area contributed by atoms with Crippen LogP contribution in [-0.2, 0) is 4.74 Å². The van der Waals surface area contributed by atoms with Gasteiger partial charge >= 0.3 is 0 Å². The van der Waals surface area contributed by atoms with Gasteiger partial charge in [-0.2, -0.15) is 0 Å². The first-order valence-electron chi connectivity index (χ1n) is 5.04. The largest absolute Gasteiger partial charge is 0.462 e. The van der Waals surface area contributed by atoms with E-state index in [1.807, 2.05) is 24.3 Å². The molecule has 1 aromatic carbocycles. The molecular formula is C12H15ClO2. The molecule has 1 heterocycles. The van der Waals surface area contributed by atoms with Gasteiger partial charge in [-0.3, -0.25) is 0 Å². The van der Waals surface area contributed by atoms with E-state index in [2.05, 4.69) is 20.8 Å². The van der Waals surface area contributed by atoms with Crippen LogP contribution in [0, 0.1) is 5.41 Å². The van der Waals surface area contributed by atoms with Gasteiger partial charge in [0.15, 0.2) is 0 Å². The molecule has 1 aliphatic heterocycles. The van der Waals surface area contributed by atoms with Crippen molar-refractivity contribution in [2.24, 2.45) is 5.41 Å². The second-order valence-electron chi connectivity index (χ2n) is 4.86. The fourth-order valence-electron chi connectivity index (χ4n) is 1.45. The van der Waals surface area contributed by atoms with Gasteiger partial charge in [-0.15, -0.1) is 0 Å². The van der Waals surface area contributed by atoms with Crippen LogP contribution in [-0.4, -0.2) is 12.4 Å². The molecule has 3 heteroatoms. The van der Waals surface area contributed by atoms with Crippen molar-refractivity contribution in [3.63, 3.8) is 0 Å². The minimum atomic E-state index is -0.105. The SMILES string of the molecule is CC(C)(C)[C@@H]1O[C@H]1Oc1ccc(Cl)cc1. The van der Waals surface area contributed by atoms with Crippen molar-refractivity contribution in [3.05, 3.63) is 29.3 Å². The van der Waals surface area contributed by atoms with Crippen molar-refractivity contribution in [1.82, 2.24) is 0 Å². The van der Waals surface area contributed by atoms with E-state index in [-0.39, 0.29) is 17.8 Å². The van der Waals surface area contributed by atoms with Crippen LogP contribution in [0.4, 0.5) is 0 Å². The zero-order valence-electron chi connectivity index (χ0n) is 9.16. The summed E-state index contributed by atoms with van der Waals surface area (Å²) in [4.78, 5) is 0. The molecule has 1 aliphatic rings. The smallest absolute Gasteiger partial charge is 0.227 e. The minimum Gasteiger partial charge on any atom is -0.462 e. The van der Waals surface area contributed by atoms with Crippen molar-refractivity contribution in [2.75, 3.05) is 0 Å². The quantitative estimate of drug-likeness (QED) is 0.720. The van der Waals surface area contributed by atoms with Crippen molar-refractivity contribution in [2.45, 2.75) is 33.2 Å². The van der Waals surface area contributed by atoms with Crippen molar-refractivity contribution in [1.29, 1.82) is 0 Å². The van der Waals surface area contributed by atoms with Gasteiger partial charge in [-0.05, 0) is 29.7 Å². The highest BCUT2D eigenvalue weighted by Crippen LogP contribution is 2.39. The van der Waals surface area contributed by atoms with E-state index in [1.54, 1.807) is 0 Å². The minimum absolute atomic E-state index is 0.105. The van der Waals surface area contributed by atoms with Crippen LogP contribution >= 0.6 is 11.6 Å². The lowest BCUT2D eigenvalue weighted by Gasteiger charge is -2.13. The summed E-state index contributed by atoms with van der Waals surface area (Å²) >= 11 is 5.78. The fourth-order valence-corrected chi connectivity index (χ4v) is 1.57. The van der Waals surface area contributed by atoms with Crippen molar-refractivity contribution in [3.8, 4) is 5.75 Å². The van der Waals surface area contributed by atoms with Gasteiger partial charge in [0.2, 0.25) is 6.29 Å². The number of benzene rings is 1. The van der Waals surface area contributed by atoms with Crippen LogP contribution in [0.25, 0.3) is 0 Å². The second kappa shape index (κ2) is 3.69. The van der Waals surface area contributed by atoms with Gasteiger partial charge in [0.05, 0.1) is 0 Å². The van der Waals surface area contributed by atoms with Crippen LogP contribution in [0.3, 0.4) is 0 Å². The molecule has 0 radical (unpaired) electrons. The Labute approximate surface area is 95.1 Å². The average Bonchev–Trinajstić information content (AvgIpc) is 2.88. The molecule has 1 aromatic rings. The fraction of sp³-hybridized carbons (Fsp3) is 0.500. The van der Waals surface area contributed by atoms with E-state index in [1.165, 1.54) is 0 Å². The van der Waals surface area contributed by atoms with E-state index in [9.17, 15) is 0 Å². The third-order valence-corrected chi connectivity index (χ3v) is 2.62. The third kappa shape index (κ3) is 2.64. The summed E-state index contributed by atoms with van der Waals surface area (Å²) in [5.74, 6) is 0.802. The standard InChI is InChI=1S/C12H15ClO2/c1-12(2,3)10-11(15-10)14-9-6-4-8(13)5-7-9/h4-7,10-11H,1-3H3/t10-,11-/m1/s1. The lowest BCUT2D eigenvalue weighted by molar-refractivity contribution is 0.176.